The average Bonchev–Trinajstić information content (AvgIpc) is 3.03. The van der Waals surface area contributed by atoms with Crippen LogP contribution in [0.5, 0.6) is 0 Å². The quantitative estimate of drug-likeness (QED) is 0.802. The minimum atomic E-state index is -0.425. The fourth-order valence-corrected chi connectivity index (χ4v) is 3.47. The van der Waals surface area contributed by atoms with Crippen molar-refractivity contribution in [1.29, 1.82) is 0 Å². The molecule has 0 radical (unpaired) electrons. The Kier molecular flexibility index (Phi) is 4.05. The van der Waals surface area contributed by atoms with Gasteiger partial charge in [0.05, 0.1) is 19.5 Å². The standard InChI is InChI=1S/C16H22N6O2/c1-20-11-19-13-14(20)17-10-18-15(13)22-7-8-24-12(9-22)16(23)21-5-3-2-4-6-21/h10-12H,2-9H2,1H3. The van der Waals surface area contributed by atoms with E-state index in [1.807, 2.05) is 16.5 Å². The molecule has 8 nitrogen and oxygen atoms in total. The minimum Gasteiger partial charge on any atom is -0.365 e. The second kappa shape index (κ2) is 6.35. The average molecular weight is 330 g/mol. The molecule has 0 aromatic carbocycles. The Labute approximate surface area is 140 Å². The predicted octanol–water partition coefficient (Wildman–Crippen LogP) is 0.581. The highest BCUT2D eigenvalue weighted by atomic mass is 16.5. The first-order valence-corrected chi connectivity index (χ1v) is 8.51. The highest BCUT2D eigenvalue weighted by molar-refractivity contribution is 5.85. The first-order valence-electron chi connectivity index (χ1n) is 8.51. The summed E-state index contributed by atoms with van der Waals surface area (Å²) in [5.41, 5.74) is 1.57. The summed E-state index contributed by atoms with van der Waals surface area (Å²) in [5, 5.41) is 0. The second-order valence-electron chi connectivity index (χ2n) is 6.42. The van der Waals surface area contributed by atoms with E-state index in [1.165, 1.54) is 6.42 Å². The van der Waals surface area contributed by atoms with Crippen molar-refractivity contribution in [3.63, 3.8) is 0 Å². The van der Waals surface area contributed by atoms with Crippen molar-refractivity contribution in [3.05, 3.63) is 12.7 Å². The first-order chi connectivity index (χ1) is 11.7. The third-order valence-electron chi connectivity index (χ3n) is 4.79. The van der Waals surface area contributed by atoms with Gasteiger partial charge < -0.3 is 19.1 Å². The largest absolute Gasteiger partial charge is 0.365 e. The Morgan fingerprint density at radius 3 is 2.83 bits per heavy atom. The molecular formula is C16H22N6O2. The van der Waals surface area contributed by atoms with E-state index in [1.54, 1.807) is 12.7 Å². The van der Waals surface area contributed by atoms with E-state index in [9.17, 15) is 4.79 Å². The van der Waals surface area contributed by atoms with Gasteiger partial charge in [-0.1, -0.05) is 0 Å². The Morgan fingerprint density at radius 1 is 1.17 bits per heavy atom. The maximum Gasteiger partial charge on any atom is 0.253 e. The molecule has 2 aliphatic heterocycles. The number of amides is 1. The normalized spacial score (nSPS) is 22.1. The molecule has 0 bridgehead atoms. The molecule has 2 saturated heterocycles. The van der Waals surface area contributed by atoms with Crippen LogP contribution in [0.3, 0.4) is 0 Å². The van der Waals surface area contributed by atoms with Gasteiger partial charge in [-0.05, 0) is 19.3 Å². The van der Waals surface area contributed by atoms with Crippen LogP contribution in [0.25, 0.3) is 11.2 Å². The number of likely N-dealkylation sites (tertiary alicyclic amines) is 1. The van der Waals surface area contributed by atoms with Gasteiger partial charge >= 0.3 is 0 Å². The summed E-state index contributed by atoms with van der Waals surface area (Å²) in [4.78, 5) is 29.9. The Morgan fingerprint density at radius 2 is 2.00 bits per heavy atom. The number of piperidine rings is 1. The molecule has 24 heavy (non-hydrogen) atoms. The highest BCUT2D eigenvalue weighted by Gasteiger charge is 2.32. The van der Waals surface area contributed by atoms with Gasteiger partial charge in [-0.25, -0.2) is 15.0 Å². The van der Waals surface area contributed by atoms with Gasteiger partial charge in [0.25, 0.3) is 5.91 Å². The van der Waals surface area contributed by atoms with E-state index < -0.39 is 6.10 Å². The topological polar surface area (TPSA) is 76.4 Å². The molecule has 2 aromatic heterocycles. The van der Waals surface area contributed by atoms with Gasteiger partial charge in [-0.2, -0.15) is 0 Å². The van der Waals surface area contributed by atoms with Crippen LogP contribution in [0.4, 0.5) is 5.82 Å². The Bertz CT molecular complexity index is 739. The second-order valence-corrected chi connectivity index (χ2v) is 6.42. The van der Waals surface area contributed by atoms with Crippen LogP contribution in [-0.4, -0.2) is 69.2 Å². The van der Waals surface area contributed by atoms with Crippen molar-refractivity contribution < 1.29 is 9.53 Å². The molecule has 2 aliphatic rings. The summed E-state index contributed by atoms with van der Waals surface area (Å²) in [6.45, 7) is 3.42. The van der Waals surface area contributed by atoms with Crippen molar-refractivity contribution >= 4 is 22.9 Å². The number of carbonyl (C=O) groups is 1. The lowest BCUT2D eigenvalue weighted by Gasteiger charge is -2.36. The molecule has 0 saturated carbocycles. The lowest BCUT2D eigenvalue weighted by atomic mass is 10.1. The fourth-order valence-electron chi connectivity index (χ4n) is 3.47. The number of anilines is 1. The van der Waals surface area contributed by atoms with E-state index in [0.717, 1.165) is 42.9 Å². The van der Waals surface area contributed by atoms with Crippen LogP contribution in [0.1, 0.15) is 19.3 Å². The SMILES string of the molecule is Cn1cnc2c(N3CCOC(C(=O)N4CCCCC4)C3)ncnc21. The molecule has 4 heterocycles. The summed E-state index contributed by atoms with van der Waals surface area (Å²) < 4.78 is 7.63. The fraction of sp³-hybridized carbons (Fsp3) is 0.625. The van der Waals surface area contributed by atoms with Crippen LogP contribution in [0.2, 0.25) is 0 Å². The van der Waals surface area contributed by atoms with E-state index >= 15 is 0 Å². The number of morpholine rings is 1. The molecule has 4 rings (SSSR count). The van der Waals surface area contributed by atoms with Crippen LogP contribution in [0, 0.1) is 0 Å². The molecule has 0 spiro atoms. The number of rotatable bonds is 2. The zero-order chi connectivity index (χ0) is 16.5. The number of aromatic nitrogens is 4. The minimum absolute atomic E-state index is 0.103. The summed E-state index contributed by atoms with van der Waals surface area (Å²) in [6, 6.07) is 0. The zero-order valence-corrected chi connectivity index (χ0v) is 13.9. The molecule has 2 aromatic rings. The number of ether oxygens (including phenoxy) is 1. The van der Waals surface area contributed by atoms with Crippen molar-refractivity contribution in [3.8, 4) is 0 Å². The van der Waals surface area contributed by atoms with Gasteiger partial charge in [-0.3, -0.25) is 4.79 Å². The smallest absolute Gasteiger partial charge is 0.253 e. The van der Waals surface area contributed by atoms with Crippen molar-refractivity contribution in [1.82, 2.24) is 24.4 Å². The molecule has 128 valence electrons. The zero-order valence-electron chi connectivity index (χ0n) is 13.9. The van der Waals surface area contributed by atoms with Crippen LogP contribution >= 0.6 is 0 Å². The lowest BCUT2D eigenvalue weighted by molar-refractivity contribution is -0.145. The summed E-state index contributed by atoms with van der Waals surface area (Å²) in [7, 11) is 1.91. The number of hydrogen-bond acceptors (Lipinski definition) is 6. The molecule has 1 amide bonds. The van der Waals surface area contributed by atoms with Crippen molar-refractivity contribution in [2.75, 3.05) is 37.7 Å². The van der Waals surface area contributed by atoms with Gasteiger partial charge in [0.15, 0.2) is 23.1 Å². The third kappa shape index (κ3) is 2.71. The highest BCUT2D eigenvalue weighted by Crippen LogP contribution is 2.23. The summed E-state index contributed by atoms with van der Waals surface area (Å²) >= 11 is 0. The molecule has 1 atom stereocenters. The summed E-state index contributed by atoms with van der Waals surface area (Å²) in [6.07, 6.45) is 6.24. The maximum atomic E-state index is 12.7. The lowest BCUT2D eigenvalue weighted by Crippen LogP contribution is -2.52. The first kappa shape index (κ1) is 15.3. The van der Waals surface area contributed by atoms with E-state index in [2.05, 4.69) is 19.9 Å². The number of nitrogens with zero attached hydrogens (tertiary/aromatic N) is 6. The van der Waals surface area contributed by atoms with Gasteiger partial charge in [-0.15, -0.1) is 0 Å². The molecule has 0 aliphatic carbocycles. The molecular weight excluding hydrogens is 308 g/mol. The van der Waals surface area contributed by atoms with E-state index in [0.29, 0.717) is 19.7 Å². The molecule has 1 unspecified atom stereocenters. The van der Waals surface area contributed by atoms with Gasteiger partial charge in [0.1, 0.15) is 6.33 Å². The molecule has 8 heteroatoms. The Balaban J connectivity index is 1.54. The van der Waals surface area contributed by atoms with Crippen LogP contribution < -0.4 is 4.90 Å². The van der Waals surface area contributed by atoms with Crippen LogP contribution in [-0.2, 0) is 16.6 Å². The van der Waals surface area contributed by atoms with Gasteiger partial charge in [0.2, 0.25) is 0 Å². The van der Waals surface area contributed by atoms with Gasteiger partial charge in [0, 0.05) is 26.7 Å². The van der Waals surface area contributed by atoms with E-state index in [-0.39, 0.29) is 5.91 Å². The number of fused-ring (bicyclic) bond motifs is 1. The predicted molar refractivity (Wildman–Crippen MR) is 88.7 cm³/mol. The molecule has 2 fully saturated rings. The number of hydrogen-bond donors (Lipinski definition) is 0. The maximum absolute atomic E-state index is 12.7. The van der Waals surface area contributed by atoms with E-state index in [4.69, 9.17) is 4.74 Å². The Hall–Kier alpha value is -2.22. The van der Waals surface area contributed by atoms with Crippen molar-refractivity contribution in [2.24, 2.45) is 7.05 Å². The monoisotopic (exact) mass is 330 g/mol. The summed E-state index contributed by atoms with van der Waals surface area (Å²) in [5.74, 6) is 0.881. The van der Waals surface area contributed by atoms with Crippen molar-refractivity contribution in [2.45, 2.75) is 25.4 Å². The van der Waals surface area contributed by atoms with Crippen LogP contribution in [0.15, 0.2) is 12.7 Å². The third-order valence-corrected chi connectivity index (χ3v) is 4.79. The molecule has 0 N–H and O–H groups in total. The number of aryl methyl sites for hydroxylation is 1. The number of imidazole rings is 1. The number of carbonyl (C=O) groups excluding carboxylic acids is 1.